The first kappa shape index (κ1) is 15.2. The average Bonchev–Trinajstić information content (AvgIpc) is 2.45. The van der Waals surface area contributed by atoms with Gasteiger partial charge in [-0.3, -0.25) is 4.79 Å². The van der Waals surface area contributed by atoms with Crippen molar-refractivity contribution in [1.29, 1.82) is 0 Å². The second-order valence-electron chi connectivity index (χ2n) is 5.28. The van der Waals surface area contributed by atoms with Gasteiger partial charge >= 0.3 is 5.97 Å². The molecular formula is C15H19NO5. The number of rotatable bonds is 3. The molecule has 0 spiro atoms. The van der Waals surface area contributed by atoms with Crippen molar-refractivity contribution in [3.8, 4) is 11.5 Å². The van der Waals surface area contributed by atoms with Crippen LogP contribution in [0.25, 0.3) is 0 Å². The number of hydrogen-bond donors (Lipinski definition) is 2. The van der Waals surface area contributed by atoms with Crippen LogP contribution in [0, 0.1) is 5.92 Å². The first-order valence-corrected chi connectivity index (χ1v) is 6.86. The summed E-state index contributed by atoms with van der Waals surface area (Å²) in [5.74, 6) is -1.36. The lowest BCUT2D eigenvalue weighted by Gasteiger charge is -2.37. The van der Waals surface area contributed by atoms with Crippen molar-refractivity contribution in [1.82, 2.24) is 4.90 Å². The van der Waals surface area contributed by atoms with Crippen molar-refractivity contribution in [2.75, 3.05) is 13.7 Å². The summed E-state index contributed by atoms with van der Waals surface area (Å²) in [6, 6.07) is 3.51. The Hall–Kier alpha value is -2.24. The smallest absolute Gasteiger partial charge is 0.326 e. The number of phenols is 1. The Morgan fingerprint density at radius 2 is 2.10 bits per heavy atom. The lowest BCUT2D eigenvalue weighted by atomic mass is 9.90. The van der Waals surface area contributed by atoms with Crippen LogP contribution in [0.2, 0.25) is 0 Å². The number of amides is 1. The van der Waals surface area contributed by atoms with Crippen LogP contribution in [0.3, 0.4) is 0 Å². The number of benzene rings is 1. The van der Waals surface area contributed by atoms with Gasteiger partial charge in [0.25, 0.3) is 5.91 Å². The number of carbonyl (C=O) groups is 2. The number of carbonyl (C=O) groups excluding carboxylic acids is 1. The Bertz CT molecular complexity index is 557. The van der Waals surface area contributed by atoms with Crippen molar-refractivity contribution in [2.24, 2.45) is 5.92 Å². The highest BCUT2D eigenvalue weighted by Gasteiger charge is 2.37. The molecule has 1 aliphatic rings. The molecule has 6 nitrogen and oxygen atoms in total. The van der Waals surface area contributed by atoms with Crippen LogP contribution in [0.1, 0.15) is 30.1 Å². The Balaban J connectivity index is 2.31. The number of likely N-dealkylation sites (tertiary alicyclic amines) is 1. The van der Waals surface area contributed by atoms with Gasteiger partial charge in [0.05, 0.1) is 12.7 Å². The fourth-order valence-corrected chi connectivity index (χ4v) is 2.77. The molecule has 1 fully saturated rings. The summed E-state index contributed by atoms with van der Waals surface area (Å²) in [5, 5.41) is 19.3. The Kier molecular flexibility index (Phi) is 4.35. The number of hydrogen-bond acceptors (Lipinski definition) is 4. The van der Waals surface area contributed by atoms with Crippen LogP contribution in [-0.4, -0.2) is 46.7 Å². The van der Waals surface area contributed by atoms with Gasteiger partial charge in [-0.15, -0.1) is 0 Å². The lowest BCUT2D eigenvalue weighted by molar-refractivity contribution is -0.145. The Morgan fingerprint density at radius 1 is 1.38 bits per heavy atom. The summed E-state index contributed by atoms with van der Waals surface area (Å²) < 4.78 is 4.97. The zero-order chi connectivity index (χ0) is 15.6. The monoisotopic (exact) mass is 293 g/mol. The zero-order valence-electron chi connectivity index (χ0n) is 12.1. The molecule has 0 aromatic heterocycles. The zero-order valence-corrected chi connectivity index (χ0v) is 12.1. The largest absolute Gasteiger partial charge is 0.507 e. The molecule has 6 heteroatoms. The summed E-state index contributed by atoms with van der Waals surface area (Å²) >= 11 is 0. The van der Waals surface area contributed by atoms with E-state index in [0.717, 1.165) is 12.8 Å². The molecule has 0 radical (unpaired) electrons. The predicted octanol–water partition coefficient (Wildman–Crippen LogP) is 1.73. The SMILES string of the molecule is COc1ccc(C(=O)N2CCCC(C)C2C(=O)O)c(O)c1. The van der Waals surface area contributed by atoms with Crippen LogP contribution in [-0.2, 0) is 4.79 Å². The first-order valence-electron chi connectivity index (χ1n) is 6.86. The van der Waals surface area contributed by atoms with Gasteiger partial charge in [-0.25, -0.2) is 4.79 Å². The number of carboxylic acid groups (broad SMARTS) is 1. The first-order chi connectivity index (χ1) is 9.95. The standard InChI is InChI=1S/C15H19NO5/c1-9-4-3-7-16(13(9)15(19)20)14(18)11-6-5-10(21-2)8-12(11)17/h5-6,8-9,13,17H,3-4,7H2,1-2H3,(H,19,20). The molecule has 2 atom stereocenters. The number of nitrogens with zero attached hydrogens (tertiary/aromatic N) is 1. The quantitative estimate of drug-likeness (QED) is 0.886. The van der Waals surface area contributed by atoms with E-state index in [0.29, 0.717) is 12.3 Å². The number of aliphatic carboxylic acids is 1. The number of carboxylic acids is 1. The number of piperidine rings is 1. The lowest BCUT2D eigenvalue weighted by Crippen LogP contribution is -2.51. The molecule has 0 aliphatic carbocycles. The minimum absolute atomic E-state index is 0.0937. The van der Waals surface area contributed by atoms with Crippen molar-refractivity contribution in [3.05, 3.63) is 23.8 Å². The molecule has 2 N–H and O–H groups in total. The number of aromatic hydroxyl groups is 1. The van der Waals surface area contributed by atoms with Crippen LogP contribution >= 0.6 is 0 Å². The number of methoxy groups -OCH3 is 1. The van der Waals surface area contributed by atoms with Crippen LogP contribution in [0.4, 0.5) is 0 Å². The van der Waals surface area contributed by atoms with Gasteiger partial charge in [0, 0.05) is 12.6 Å². The van der Waals surface area contributed by atoms with Gasteiger partial charge in [-0.1, -0.05) is 6.92 Å². The van der Waals surface area contributed by atoms with Gasteiger partial charge in [0.2, 0.25) is 0 Å². The summed E-state index contributed by atoms with van der Waals surface area (Å²) in [6.07, 6.45) is 1.53. The molecule has 0 bridgehead atoms. The van der Waals surface area contributed by atoms with E-state index in [1.165, 1.54) is 24.1 Å². The molecule has 1 heterocycles. The Labute approximate surface area is 122 Å². The van der Waals surface area contributed by atoms with Crippen LogP contribution in [0.15, 0.2) is 18.2 Å². The van der Waals surface area contributed by atoms with E-state index >= 15 is 0 Å². The van der Waals surface area contributed by atoms with Gasteiger partial charge in [0.1, 0.15) is 17.5 Å². The summed E-state index contributed by atoms with van der Waals surface area (Å²) in [4.78, 5) is 25.3. The molecule has 1 aromatic rings. The fourth-order valence-electron chi connectivity index (χ4n) is 2.77. The molecule has 1 saturated heterocycles. The van der Waals surface area contributed by atoms with Gasteiger partial charge in [-0.2, -0.15) is 0 Å². The summed E-state index contributed by atoms with van der Waals surface area (Å²) in [7, 11) is 1.46. The topological polar surface area (TPSA) is 87.1 Å². The number of ether oxygens (including phenoxy) is 1. The third kappa shape index (κ3) is 2.94. The maximum absolute atomic E-state index is 12.5. The average molecular weight is 293 g/mol. The van der Waals surface area contributed by atoms with E-state index in [9.17, 15) is 19.8 Å². The Morgan fingerprint density at radius 3 is 2.67 bits per heavy atom. The minimum Gasteiger partial charge on any atom is -0.507 e. The maximum Gasteiger partial charge on any atom is 0.326 e. The normalized spacial score (nSPS) is 21.9. The van der Waals surface area contributed by atoms with Crippen molar-refractivity contribution in [2.45, 2.75) is 25.8 Å². The molecule has 0 saturated carbocycles. The highest BCUT2D eigenvalue weighted by molar-refractivity contribution is 5.99. The van der Waals surface area contributed by atoms with E-state index in [1.54, 1.807) is 6.07 Å². The van der Waals surface area contributed by atoms with Gasteiger partial charge in [-0.05, 0) is 30.9 Å². The van der Waals surface area contributed by atoms with Crippen molar-refractivity contribution >= 4 is 11.9 Å². The molecule has 114 valence electrons. The molecule has 1 aromatic carbocycles. The molecule has 2 rings (SSSR count). The van der Waals surface area contributed by atoms with E-state index in [2.05, 4.69) is 0 Å². The van der Waals surface area contributed by atoms with E-state index in [4.69, 9.17) is 4.74 Å². The summed E-state index contributed by atoms with van der Waals surface area (Å²) in [6.45, 7) is 2.21. The van der Waals surface area contributed by atoms with E-state index in [1.807, 2.05) is 6.92 Å². The fraction of sp³-hybridized carbons (Fsp3) is 0.467. The third-order valence-corrected chi connectivity index (χ3v) is 3.88. The number of phenolic OH excluding ortho intramolecular Hbond substituents is 1. The third-order valence-electron chi connectivity index (χ3n) is 3.88. The second-order valence-corrected chi connectivity index (χ2v) is 5.28. The summed E-state index contributed by atoms with van der Waals surface area (Å²) in [5.41, 5.74) is 0.0937. The predicted molar refractivity (Wildman–Crippen MR) is 75.5 cm³/mol. The van der Waals surface area contributed by atoms with Crippen LogP contribution < -0.4 is 4.74 Å². The van der Waals surface area contributed by atoms with Gasteiger partial charge in [0.15, 0.2) is 0 Å². The molecule has 1 aliphatic heterocycles. The molecule has 1 amide bonds. The molecular weight excluding hydrogens is 274 g/mol. The highest BCUT2D eigenvalue weighted by atomic mass is 16.5. The minimum atomic E-state index is -1.01. The molecule has 21 heavy (non-hydrogen) atoms. The van der Waals surface area contributed by atoms with Crippen molar-refractivity contribution in [3.63, 3.8) is 0 Å². The highest BCUT2D eigenvalue weighted by Crippen LogP contribution is 2.29. The maximum atomic E-state index is 12.5. The van der Waals surface area contributed by atoms with E-state index in [-0.39, 0.29) is 17.2 Å². The van der Waals surface area contributed by atoms with Crippen molar-refractivity contribution < 1.29 is 24.5 Å². The second kappa shape index (κ2) is 6.03. The molecule has 2 unspecified atom stereocenters. The van der Waals surface area contributed by atoms with Crippen LogP contribution in [0.5, 0.6) is 11.5 Å². The van der Waals surface area contributed by atoms with E-state index < -0.39 is 17.9 Å². The van der Waals surface area contributed by atoms with Gasteiger partial charge < -0.3 is 19.8 Å².